The molecule has 0 fully saturated rings. The Kier molecular flexibility index (Phi) is 6.73. The molecule has 0 heterocycles. The Morgan fingerprint density at radius 1 is 0.688 bits per heavy atom. The van der Waals surface area contributed by atoms with Crippen molar-refractivity contribution in [1.29, 1.82) is 0 Å². The van der Waals surface area contributed by atoms with Crippen molar-refractivity contribution in [3.8, 4) is 5.75 Å². The van der Waals surface area contributed by atoms with Gasteiger partial charge in [-0.1, -0.05) is 61.5 Å². The normalized spacial score (nSPS) is 10.7. The second kappa shape index (κ2) is 10.0. The number of hydrogen-bond donors (Lipinski definition) is 2. The fraction of sp³-hybridized carbons (Fsp3) is 0.143. The molecule has 0 aromatic heterocycles. The van der Waals surface area contributed by atoms with E-state index in [1.807, 2.05) is 54.6 Å². The summed E-state index contributed by atoms with van der Waals surface area (Å²) in [5.74, 6) is 0.246. The van der Waals surface area contributed by atoms with Crippen LogP contribution in [0.1, 0.15) is 12.5 Å². The van der Waals surface area contributed by atoms with Crippen LogP contribution in [0, 0.1) is 6.92 Å². The zero-order valence-corrected chi connectivity index (χ0v) is 18.6. The first-order valence-electron chi connectivity index (χ1n) is 11.0. The van der Waals surface area contributed by atoms with Crippen LogP contribution in [0.25, 0.3) is 0 Å². The molecule has 4 aromatic carbocycles. The number of anilines is 5. The number of aromatic hydroxyl groups is 1. The molecule has 0 aliphatic rings. The fourth-order valence-corrected chi connectivity index (χ4v) is 3.86. The maximum absolute atomic E-state index is 10.9. The third-order valence-corrected chi connectivity index (χ3v) is 5.46. The van der Waals surface area contributed by atoms with Crippen molar-refractivity contribution in [2.24, 2.45) is 0 Å². The average molecular weight is 424 g/mol. The number of rotatable bonds is 8. The molecule has 0 saturated carbocycles. The summed E-state index contributed by atoms with van der Waals surface area (Å²) < 4.78 is 0. The van der Waals surface area contributed by atoms with Crippen LogP contribution in [0.2, 0.25) is 0 Å². The Morgan fingerprint density at radius 3 is 1.88 bits per heavy atom. The average Bonchev–Trinajstić information content (AvgIpc) is 2.83. The van der Waals surface area contributed by atoms with E-state index >= 15 is 0 Å². The summed E-state index contributed by atoms with van der Waals surface area (Å²) in [5, 5.41) is 14.3. The number of hydrogen-bond acceptors (Lipinski definition) is 4. The number of nitrogens with one attached hydrogen (secondary N) is 1. The molecule has 0 unspecified atom stereocenters. The smallest absolute Gasteiger partial charge is 0.139 e. The first-order chi connectivity index (χ1) is 15.7. The van der Waals surface area contributed by atoms with E-state index in [0.29, 0.717) is 6.67 Å². The van der Waals surface area contributed by atoms with E-state index in [1.165, 1.54) is 0 Å². The van der Waals surface area contributed by atoms with Crippen LogP contribution in [0.5, 0.6) is 5.75 Å². The van der Waals surface area contributed by atoms with Crippen molar-refractivity contribution < 1.29 is 5.11 Å². The van der Waals surface area contributed by atoms with Crippen LogP contribution in [-0.2, 0) is 0 Å². The lowest BCUT2D eigenvalue weighted by Crippen LogP contribution is -2.31. The molecule has 0 aliphatic heterocycles. The Morgan fingerprint density at radius 2 is 1.28 bits per heavy atom. The van der Waals surface area contributed by atoms with Crippen LogP contribution in [0.15, 0.2) is 103 Å². The zero-order valence-electron chi connectivity index (χ0n) is 18.6. The van der Waals surface area contributed by atoms with Crippen molar-refractivity contribution in [3.05, 3.63) is 109 Å². The minimum atomic E-state index is 0.246. The lowest BCUT2D eigenvalue weighted by molar-refractivity contribution is 0.475. The van der Waals surface area contributed by atoms with Crippen LogP contribution < -0.4 is 15.1 Å². The van der Waals surface area contributed by atoms with Crippen molar-refractivity contribution in [2.45, 2.75) is 13.8 Å². The van der Waals surface area contributed by atoms with Crippen LogP contribution >= 0.6 is 0 Å². The predicted octanol–water partition coefficient (Wildman–Crippen LogP) is 6.88. The number of benzene rings is 4. The first kappa shape index (κ1) is 21.5. The van der Waals surface area contributed by atoms with Crippen LogP contribution in [0.3, 0.4) is 0 Å². The quantitative estimate of drug-likeness (QED) is 0.303. The van der Waals surface area contributed by atoms with Gasteiger partial charge in [-0.15, -0.1) is 0 Å². The molecular formula is C28H29N3O. The highest BCUT2D eigenvalue weighted by molar-refractivity contribution is 5.82. The minimum absolute atomic E-state index is 0.246. The molecule has 0 saturated heterocycles. The van der Waals surface area contributed by atoms with Crippen molar-refractivity contribution >= 4 is 28.4 Å². The van der Waals surface area contributed by atoms with E-state index in [9.17, 15) is 5.11 Å². The Bertz CT molecular complexity index is 1110. The van der Waals surface area contributed by atoms with Crippen molar-refractivity contribution in [3.63, 3.8) is 0 Å². The molecule has 162 valence electrons. The molecule has 4 rings (SSSR count). The zero-order chi connectivity index (χ0) is 22.3. The van der Waals surface area contributed by atoms with Gasteiger partial charge < -0.3 is 14.9 Å². The second-order valence-electron chi connectivity index (χ2n) is 7.66. The van der Waals surface area contributed by atoms with Gasteiger partial charge in [0.05, 0.1) is 12.4 Å². The largest absolute Gasteiger partial charge is 0.506 e. The van der Waals surface area contributed by atoms with Gasteiger partial charge in [0, 0.05) is 22.7 Å². The van der Waals surface area contributed by atoms with Gasteiger partial charge in [0.15, 0.2) is 0 Å². The van der Waals surface area contributed by atoms with E-state index in [-0.39, 0.29) is 5.75 Å². The summed E-state index contributed by atoms with van der Waals surface area (Å²) in [6.07, 6.45) is 0. The van der Waals surface area contributed by atoms with Crippen molar-refractivity contribution in [1.82, 2.24) is 5.32 Å². The molecule has 4 aromatic rings. The summed E-state index contributed by atoms with van der Waals surface area (Å²) in [6, 6.07) is 34.6. The van der Waals surface area contributed by atoms with Gasteiger partial charge >= 0.3 is 0 Å². The van der Waals surface area contributed by atoms with Gasteiger partial charge in [-0.25, -0.2) is 0 Å². The summed E-state index contributed by atoms with van der Waals surface area (Å²) >= 11 is 0. The molecule has 0 aliphatic carbocycles. The molecular weight excluding hydrogens is 394 g/mol. The Labute approximate surface area is 190 Å². The Hall–Kier alpha value is -3.76. The number of phenolic OH excluding ortho intramolecular Hbond substituents is 1. The monoisotopic (exact) mass is 423 g/mol. The molecule has 32 heavy (non-hydrogen) atoms. The summed E-state index contributed by atoms with van der Waals surface area (Å²) in [5.41, 5.74) is 6.07. The Balaban J connectivity index is 1.85. The van der Waals surface area contributed by atoms with Gasteiger partial charge in [0.1, 0.15) is 5.75 Å². The molecule has 4 heteroatoms. The van der Waals surface area contributed by atoms with Crippen molar-refractivity contribution in [2.75, 3.05) is 23.0 Å². The lowest BCUT2D eigenvalue weighted by atomic mass is 10.1. The molecule has 4 nitrogen and oxygen atoms in total. The van der Waals surface area contributed by atoms with Gasteiger partial charge in [0.2, 0.25) is 0 Å². The SMILES string of the molecule is CCNCN(c1ccccc1C)c1cc(N(c2ccccc2)c2ccccc2)ccc1O. The van der Waals surface area contributed by atoms with Gasteiger partial charge in [-0.2, -0.15) is 0 Å². The first-order valence-corrected chi connectivity index (χ1v) is 11.0. The third kappa shape index (κ3) is 4.61. The van der Waals surface area contributed by atoms with Gasteiger partial charge in [0.25, 0.3) is 0 Å². The highest BCUT2D eigenvalue weighted by Crippen LogP contribution is 2.41. The summed E-state index contributed by atoms with van der Waals surface area (Å²) in [6.45, 7) is 5.60. The summed E-state index contributed by atoms with van der Waals surface area (Å²) in [7, 11) is 0. The minimum Gasteiger partial charge on any atom is -0.506 e. The number of phenols is 1. The maximum Gasteiger partial charge on any atom is 0.139 e. The van der Waals surface area contributed by atoms with E-state index in [4.69, 9.17) is 0 Å². The highest BCUT2D eigenvalue weighted by Gasteiger charge is 2.19. The van der Waals surface area contributed by atoms with Crippen LogP contribution in [-0.4, -0.2) is 18.3 Å². The molecule has 0 atom stereocenters. The molecule has 0 bridgehead atoms. The number of nitrogens with zero attached hydrogens (tertiary/aromatic N) is 2. The lowest BCUT2D eigenvalue weighted by Gasteiger charge is -2.30. The highest BCUT2D eigenvalue weighted by atomic mass is 16.3. The van der Waals surface area contributed by atoms with Gasteiger partial charge in [-0.05, 0) is 67.6 Å². The standard InChI is InChI=1S/C28H29N3O/c1-3-29-21-30(26-17-11-10-12-22(26)2)27-20-25(18-19-28(27)32)31(23-13-6-4-7-14-23)24-15-8-5-9-16-24/h4-20,29,32H,3,21H2,1-2H3. The molecule has 0 radical (unpaired) electrons. The number of para-hydroxylation sites is 3. The molecule has 2 N–H and O–H groups in total. The molecule has 0 amide bonds. The third-order valence-electron chi connectivity index (χ3n) is 5.46. The van der Waals surface area contributed by atoms with E-state index in [1.54, 1.807) is 6.07 Å². The second-order valence-corrected chi connectivity index (χ2v) is 7.66. The van der Waals surface area contributed by atoms with Gasteiger partial charge in [-0.3, -0.25) is 5.32 Å². The predicted molar refractivity (Wildman–Crippen MR) is 135 cm³/mol. The van der Waals surface area contributed by atoms with E-state index in [0.717, 1.165) is 40.5 Å². The van der Waals surface area contributed by atoms with E-state index < -0.39 is 0 Å². The fourth-order valence-electron chi connectivity index (χ4n) is 3.86. The van der Waals surface area contributed by atoms with E-state index in [2.05, 4.69) is 71.4 Å². The topological polar surface area (TPSA) is 38.7 Å². The molecule has 0 spiro atoms. The number of aryl methyl sites for hydroxylation is 1. The van der Waals surface area contributed by atoms with Crippen LogP contribution in [0.4, 0.5) is 28.4 Å². The maximum atomic E-state index is 10.9. The summed E-state index contributed by atoms with van der Waals surface area (Å²) in [4.78, 5) is 4.33.